The van der Waals surface area contributed by atoms with Gasteiger partial charge in [0.15, 0.2) is 11.6 Å². The molecule has 0 aromatic heterocycles. The van der Waals surface area contributed by atoms with Crippen LogP contribution in [0.25, 0.3) is 0 Å². The molecule has 2 nitrogen and oxygen atoms in total. The van der Waals surface area contributed by atoms with E-state index >= 15 is 0 Å². The number of halogens is 2. The maximum absolute atomic E-state index is 13.3. The zero-order valence-electron chi connectivity index (χ0n) is 7.90. The van der Waals surface area contributed by atoms with E-state index in [1.165, 1.54) is 13.2 Å². The number of rotatable bonds is 2. The molecule has 14 heavy (non-hydrogen) atoms. The summed E-state index contributed by atoms with van der Waals surface area (Å²) in [5.41, 5.74) is 1.20. The first-order valence-corrected chi connectivity index (χ1v) is 4.38. The van der Waals surface area contributed by atoms with Crippen molar-refractivity contribution in [2.75, 3.05) is 7.11 Å². The summed E-state index contributed by atoms with van der Waals surface area (Å²) < 4.78 is 18.2. The van der Waals surface area contributed by atoms with Crippen molar-refractivity contribution in [2.45, 2.75) is 13.3 Å². The van der Waals surface area contributed by atoms with Gasteiger partial charge in [-0.05, 0) is 18.6 Å². The van der Waals surface area contributed by atoms with Gasteiger partial charge < -0.3 is 4.74 Å². The monoisotopic (exact) mass is 213 g/mol. The average Bonchev–Trinajstić information content (AvgIpc) is 2.14. The third-order valence-electron chi connectivity index (χ3n) is 2.02. The molecular formula is C10H9ClFNO. The van der Waals surface area contributed by atoms with Crippen LogP contribution in [0.4, 0.5) is 4.39 Å². The van der Waals surface area contributed by atoms with E-state index in [2.05, 4.69) is 0 Å². The summed E-state index contributed by atoms with van der Waals surface area (Å²) in [4.78, 5) is 0. The van der Waals surface area contributed by atoms with Crippen molar-refractivity contribution in [3.8, 4) is 11.8 Å². The summed E-state index contributed by atoms with van der Waals surface area (Å²) in [5, 5.41) is 8.89. The normalized spacial score (nSPS) is 9.64. The lowest BCUT2D eigenvalue weighted by Crippen LogP contribution is -1.98. The fourth-order valence-electron chi connectivity index (χ4n) is 1.26. The van der Waals surface area contributed by atoms with Crippen LogP contribution in [0.2, 0.25) is 5.02 Å². The van der Waals surface area contributed by atoms with Crippen LogP contribution in [0.3, 0.4) is 0 Å². The van der Waals surface area contributed by atoms with E-state index in [0.29, 0.717) is 16.1 Å². The molecule has 1 rings (SSSR count). The molecule has 0 heterocycles. The predicted molar refractivity (Wildman–Crippen MR) is 52.0 cm³/mol. The van der Waals surface area contributed by atoms with E-state index in [1.807, 2.05) is 6.07 Å². The molecule has 74 valence electrons. The smallest absolute Gasteiger partial charge is 0.166 e. The first-order valence-electron chi connectivity index (χ1n) is 4.00. The number of hydrogen-bond acceptors (Lipinski definition) is 2. The van der Waals surface area contributed by atoms with Crippen molar-refractivity contribution in [1.82, 2.24) is 0 Å². The fourth-order valence-corrected chi connectivity index (χ4v) is 1.47. The van der Waals surface area contributed by atoms with Crippen LogP contribution in [0.5, 0.6) is 5.75 Å². The highest BCUT2D eigenvalue weighted by Gasteiger charge is 2.14. The minimum Gasteiger partial charge on any atom is -0.493 e. The van der Waals surface area contributed by atoms with E-state index in [1.54, 1.807) is 6.92 Å². The van der Waals surface area contributed by atoms with Gasteiger partial charge in [0, 0.05) is 10.6 Å². The number of methoxy groups -OCH3 is 1. The Bertz CT molecular complexity index is 398. The van der Waals surface area contributed by atoms with Crippen molar-refractivity contribution < 1.29 is 9.13 Å². The molecule has 0 amide bonds. The highest BCUT2D eigenvalue weighted by molar-refractivity contribution is 6.31. The largest absolute Gasteiger partial charge is 0.493 e. The summed E-state index contributed by atoms with van der Waals surface area (Å²) in [6.45, 7) is 1.73. The molecule has 0 bridgehead atoms. The van der Waals surface area contributed by atoms with Gasteiger partial charge in [0.25, 0.3) is 0 Å². The van der Waals surface area contributed by atoms with Crippen molar-refractivity contribution in [3.05, 3.63) is 28.0 Å². The SMILES string of the molecule is COc1c(F)cc(Cl)c(C)c1CC#N. The van der Waals surface area contributed by atoms with Crippen LogP contribution in [0.15, 0.2) is 6.07 Å². The molecule has 0 aliphatic heterocycles. The van der Waals surface area contributed by atoms with Crippen molar-refractivity contribution in [1.29, 1.82) is 5.26 Å². The maximum atomic E-state index is 13.3. The molecule has 0 aliphatic carbocycles. The van der Waals surface area contributed by atoms with Gasteiger partial charge in [-0.1, -0.05) is 11.6 Å². The Morgan fingerprint density at radius 1 is 1.64 bits per heavy atom. The van der Waals surface area contributed by atoms with Gasteiger partial charge in [0.2, 0.25) is 0 Å². The Balaban J connectivity index is 3.41. The second-order valence-electron chi connectivity index (χ2n) is 2.81. The Morgan fingerprint density at radius 3 is 2.79 bits per heavy atom. The van der Waals surface area contributed by atoms with Gasteiger partial charge in [-0.2, -0.15) is 5.26 Å². The predicted octanol–water partition coefficient (Wildman–Crippen LogP) is 2.86. The van der Waals surface area contributed by atoms with Gasteiger partial charge in [-0.25, -0.2) is 4.39 Å². The number of nitriles is 1. The number of ether oxygens (including phenoxy) is 1. The molecule has 0 radical (unpaired) electrons. The molecule has 0 aliphatic rings. The van der Waals surface area contributed by atoms with Crippen LogP contribution >= 0.6 is 11.6 Å². The second-order valence-corrected chi connectivity index (χ2v) is 3.22. The van der Waals surface area contributed by atoms with Crippen molar-refractivity contribution in [3.63, 3.8) is 0 Å². The highest BCUT2D eigenvalue weighted by Crippen LogP contribution is 2.31. The summed E-state index contributed by atoms with van der Waals surface area (Å²) in [6, 6.07) is 3.14. The Labute approximate surface area is 86.9 Å². The standard InChI is InChI=1S/C10H9ClFNO/c1-6-7(3-4-13)10(14-2)9(12)5-8(6)11/h5H,3H2,1-2H3. The van der Waals surface area contributed by atoms with Gasteiger partial charge in [-0.3, -0.25) is 0 Å². The Kier molecular flexibility index (Phi) is 3.32. The summed E-state index contributed by atoms with van der Waals surface area (Å²) in [5.74, 6) is -0.429. The van der Waals surface area contributed by atoms with Gasteiger partial charge >= 0.3 is 0 Å². The molecule has 1 aromatic carbocycles. The minimum absolute atomic E-state index is 0.0898. The summed E-state index contributed by atoms with van der Waals surface area (Å²) in [7, 11) is 1.37. The average molecular weight is 214 g/mol. The minimum atomic E-state index is -0.534. The third kappa shape index (κ3) is 1.80. The summed E-state index contributed by atoms with van der Waals surface area (Å²) >= 11 is 5.78. The van der Waals surface area contributed by atoms with Crippen LogP contribution < -0.4 is 4.74 Å². The molecule has 0 atom stereocenters. The number of hydrogen-bond donors (Lipinski definition) is 0. The highest BCUT2D eigenvalue weighted by atomic mass is 35.5. The number of benzene rings is 1. The molecule has 0 spiro atoms. The molecule has 0 saturated carbocycles. The van der Waals surface area contributed by atoms with Crippen molar-refractivity contribution in [2.24, 2.45) is 0 Å². The molecular weight excluding hydrogens is 205 g/mol. The lowest BCUT2D eigenvalue weighted by atomic mass is 10.0. The Hall–Kier alpha value is -1.27. The number of nitrogens with zero attached hydrogens (tertiary/aromatic N) is 1. The Morgan fingerprint density at radius 2 is 2.29 bits per heavy atom. The molecule has 0 fully saturated rings. The lowest BCUT2D eigenvalue weighted by molar-refractivity contribution is 0.382. The van der Waals surface area contributed by atoms with E-state index in [9.17, 15) is 4.39 Å². The fraction of sp³-hybridized carbons (Fsp3) is 0.300. The quantitative estimate of drug-likeness (QED) is 0.757. The van der Waals surface area contributed by atoms with Crippen LogP contribution in [-0.2, 0) is 6.42 Å². The molecule has 1 aromatic rings. The molecule has 0 N–H and O–H groups in total. The first-order chi connectivity index (χ1) is 6.61. The molecule has 0 unspecified atom stereocenters. The van der Waals surface area contributed by atoms with Gasteiger partial charge in [0.1, 0.15) is 0 Å². The second kappa shape index (κ2) is 4.30. The zero-order valence-corrected chi connectivity index (χ0v) is 8.65. The topological polar surface area (TPSA) is 33.0 Å². The molecule has 0 saturated heterocycles. The van der Waals surface area contributed by atoms with E-state index in [0.717, 1.165) is 0 Å². The lowest BCUT2D eigenvalue weighted by Gasteiger charge is -2.11. The zero-order chi connectivity index (χ0) is 10.7. The van der Waals surface area contributed by atoms with Gasteiger partial charge in [-0.15, -0.1) is 0 Å². The van der Waals surface area contributed by atoms with Gasteiger partial charge in [0.05, 0.1) is 19.6 Å². The first kappa shape index (κ1) is 10.8. The van der Waals surface area contributed by atoms with Crippen LogP contribution in [-0.4, -0.2) is 7.11 Å². The van der Waals surface area contributed by atoms with E-state index in [4.69, 9.17) is 21.6 Å². The van der Waals surface area contributed by atoms with Crippen molar-refractivity contribution >= 4 is 11.6 Å². The van der Waals surface area contributed by atoms with Crippen LogP contribution in [0.1, 0.15) is 11.1 Å². The maximum Gasteiger partial charge on any atom is 0.166 e. The van der Waals surface area contributed by atoms with Crippen LogP contribution in [0, 0.1) is 24.1 Å². The summed E-state index contributed by atoms with van der Waals surface area (Å²) in [6.07, 6.45) is 0.0898. The molecule has 4 heteroatoms. The van der Waals surface area contributed by atoms with E-state index < -0.39 is 5.82 Å². The third-order valence-corrected chi connectivity index (χ3v) is 2.41. The van der Waals surface area contributed by atoms with E-state index in [-0.39, 0.29) is 12.2 Å².